The number of aryl methyl sites for hydroxylation is 1. The van der Waals surface area contributed by atoms with Gasteiger partial charge in [0.1, 0.15) is 5.82 Å². The van der Waals surface area contributed by atoms with Gasteiger partial charge in [0.2, 0.25) is 0 Å². The Morgan fingerprint density at radius 2 is 1.68 bits per heavy atom. The molecule has 0 atom stereocenters. The van der Waals surface area contributed by atoms with E-state index in [0.717, 1.165) is 49.4 Å². The zero-order valence-electron chi connectivity index (χ0n) is 19.2. The average molecular weight is 453 g/mol. The second-order valence-corrected chi connectivity index (χ2v) is 8.49. The SMILES string of the molecule is CCCCn1nc(Cc2ccccc2)nc1Cc1ccc(C2(c3nn[nH]n3)C=CNC=C2)cc1. The molecule has 0 saturated carbocycles. The van der Waals surface area contributed by atoms with E-state index in [1.807, 2.05) is 30.6 Å². The Hall–Kier alpha value is -4.07. The maximum Gasteiger partial charge on any atom is 0.192 e. The Labute approximate surface area is 198 Å². The van der Waals surface area contributed by atoms with Gasteiger partial charge in [-0.1, -0.05) is 73.2 Å². The Bertz CT molecular complexity index is 1240. The first-order valence-corrected chi connectivity index (χ1v) is 11.7. The molecule has 5 rings (SSSR count). The molecule has 172 valence electrons. The van der Waals surface area contributed by atoms with Crippen LogP contribution in [0.25, 0.3) is 0 Å². The van der Waals surface area contributed by atoms with Crippen LogP contribution in [0.5, 0.6) is 0 Å². The van der Waals surface area contributed by atoms with Gasteiger partial charge in [-0.25, -0.2) is 9.67 Å². The van der Waals surface area contributed by atoms with Crippen LogP contribution in [0.15, 0.2) is 79.1 Å². The van der Waals surface area contributed by atoms with Gasteiger partial charge in [-0.2, -0.15) is 10.3 Å². The summed E-state index contributed by atoms with van der Waals surface area (Å²) in [5.41, 5.74) is 2.93. The van der Waals surface area contributed by atoms with Crippen molar-refractivity contribution in [3.63, 3.8) is 0 Å². The molecule has 0 bridgehead atoms. The summed E-state index contributed by atoms with van der Waals surface area (Å²) in [6.07, 6.45) is 11.6. The number of aromatic amines is 1. The normalized spacial score (nSPS) is 14.3. The molecular formula is C26H28N8. The number of tetrazole rings is 1. The van der Waals surface area contributed by atoms with Crippen molar-refractivity contribution < 1.29 is 0 Å². The van der Waals surface area contributed by atoms with E-state index in [1.54, 1.807) is 0 Å². The highest BCUT2D eigenvalue weighted by molar-refractivity contribution is 5.46. The molecule has 0 saturated heterocycles. The molecule has 0 aliphatic carbocycles. The number of hydrogen-bond acceptors (Lipinski definition) is 6. The first kappa shape index (κ1) is 21.8. The smallest absolute Gasteiger partial charge is 0.192 e. The Morgan fingerprint density at radius 3 is 2.38 bits per heavy atom. The van der Waals surface area contributed by atoms with Gasteiger partial charge in [0.15, 0.2) is 11.6 Å². The highest BCUT2D eigenvalue weighted by Gasteiger charge is 2.34. The highest BCUT2D eigenvalue weighted by atomic mass is 15.5. The van der Waals surface area contributed by atoms with E-state index < -0.39 is 5.41 Å². The third-order valence-corrected chi connectivity index (χ3v) is 6.11. The van der Waals surface area contributed by atoms with Crippen molar-refractivity contribution >= 4 is 0 Å². The predicted molar refractivity (Wildman–Crippen MR) is 130 cm³/mol. The number of dihydropyridines is 1. The minimum atomic E-state index is -0.555. The van der Waals surface area contributed by atoms with Gasteiger partial charge in [-0.15, -0.1) is 10.2 Å². The van der Waals surface area contributed by atoms with Crippen LogP contribution in [0, 0.1) is 0 Å². The van der Waals surface area contributed by atoms with Crippen molar-refractivity contribution in [3.8, 4) is 0 Å². The molecule has 2 aromatic heterocycles. The lowest BCUT2D eigenvalue weighted by atomic mass is 9.78. The van der Waals surface area contributed by atoms with E-state index in [1.165, 1.54) is 11.1 Å². The van der Waals surface area contributed by atoms with Crippen molar-refractivity contribution in [2.45, 2.75) is 44.6 Å². The Morgan fingerprint density at radius 1 is 0.912 bits per heavy atom. The fourth-order valence-corrected chi connectivity index (χ4v) is 4.26. The van der Waals surface area contributed by atoms with Crippen molar-refractivity contribution in [2.24, 2.45) is 0 Å². The maximum atomic E-state index is 4.91. The first-order chi connectivity index (χ1) is 16.8. The van der Waals surface area contributed by atoms with Gasteiger partial charge in [-0.05, 0) is 47.7 Å². The topological polar surface area (TPSA) is 97.2 Å². The number of unbranched alkanes of at least 4 members (excludes halogenated alkanes) is 1. The van der Waals surface area contributed by atoms with Crippen LogP contribution in [0.2, 0.25) is 0 Å². The molecule has 0 fully saturated rings. The van der Waals surface area contributed by atoms with E-state index in [4.69, 9.17) is 10.1 Å². The average Bonchev–Trinajstić information content (AvgIpc) is 3.55. The van der Waals surface area contributed by atoms with Gasteiger partial charge < -0.3 is 5.32 Å². The van der Waals surface area contributed by atoms with Crippen molar-refractivity contribution in [3.05, 3.63) is 113 Å². The number of H-pyrrole nitrogens is 1. The van der Waals surface area contributed by atoms with Crippen molar-refractivity contribution in [1.29, 1.82) is 0 Å². The minimum absolute atomic E-state index is 0.555. The Kier molecular flexibility index (Phi) is 6.29. The summed E-state index contributed by atoms with van der Waals surface area (Å²) >= 11 is 0. The van der Waals surface area contributed by atoms with Crippen LogP contribution in [0.3, 0.4) is 0 Å². The molecule has 3 heterocycles. The van der Waals surface area contributed by atoms with Crippen LogP contribution in [0.4, 0.5) is 0 Å². The van der Waals surface area contributed by atoms with Crippen LogP contribution < -0.4 is 5.32 Å². The summed E-state index contributed by atoms with van der Waals surface area (Å²) < 4.78 is 2.08. The van der Waals surface area contributed by atoms with Crippen molar-refractivity contribution in [2.75, 3.05) is 0 Å². The lowest BCUT2D eigenvalue weighted by Gasteiger charge is -2.26. The number of nitrogens with one attached hydrogen (secondary N) is 2. The molecule has 8 nitrogen and oxygen atoms in total. The van der Waals surface area contributed by atoms with Gasteiger partial charge in [-0.3, -0.25) is 0 Å². The summed E-state index contributed by atoms with van der Waals surface area (Å²) in [4.78, 5) is 4.91. The van der Waals surface area contributed by atoms with Crippen LogP contribution in [0.1, 0.15) is 53.9 Å². The molecule has 8 heteroatoms. The number of aromatic nitrogens is 7. The molecule has 0 spiro atoms. The lowest BCUT2D eigenvalue weighted by Crippen LogP contribution is -2.28. The van der Waals surface area contributed by atoms with Crippen LogP contribution >= 0.6 is 0 Å². The number of hydrogen-bond donors (Lipinski definition) is 2. The first-order valence-electron chi connectivity index (χ1n) is 11.7. The Balaban J connectivity index is 1.39. The molecule has 2 aromatic carbocycles. The molecule has 0 radical (unpaired) electrons. The van der Waals surface area contributed by atoms with E-state index in [0.29, 0.717) is 5.82 Å². The molecule has 1 aliphatic heterocycles. The molecule has 4 aromatic rings. The summed E-state index contributed by atoms with van der Waals surface area (Å²) in [5.74, 6) is 2.48. The van der Waals surface area contributed by atoms with E-state index in [2.05, 4.69) is 86.1 Å². The van der Waals surface area contributed by atoms with Gasteiger partial charge in [0.25, 0.3) is 0 Å². The monoisotopic (exact) mass is 452 g/mol. The molecule has 2 N–H and O–H groups in total. The predicted octanol–water partition coefficient (Wildman–Crippen LogP) is 3.69. The third-order valence-electron chi connectivity index (χ3n) is 6.11. The van der Waals surface area contributed by atoms with Gasteiger partial charge >= 0.3 is 0 Å². The summed E-state index contributed by atoms with van der Waals surface area (Å²) in [5, 5.41) is 22.8. The zero-order chi connectivity index (χ0) is 23.2. The zero-order valence-corrected chi connectivity index (χ0v) is 19.2. The number of rotatable bonds is 9. The summed E-state index contributed by atoms with van der Waals surface area (Å²) in [6.45, 7) is 3.08. The largest absolute Gasteiger partial charge is 0.368 e. The quantitative estimate of drug-likeness (QED) is 0.402. The standard InChI is InChI=1S/C26H28N8/c1-2-3-17-34-24(28-23(31-34)18-20-7-5-4-6-8-20)19-21-9-11-22(12-10-21)26(13-15-27-16-14-26)25-29-32-33-30-25/h4-16,27H,2-3,17-19H2,1H3,(H,29,30,32,33). The number of nitrogens with zero attached hydrogens (tertiary/aromatic N) is 6. The van der Waals surface area contributed by atoms with Gasteiger partial charge in [0.05, 0.1) is 5.41 Å². The second-order valence-electron chi connectivity index (χ2n) is 8.49. The second kappa shape index (κ2) is 9.82. The van der Waals surface area contributed by atoms with E-state index in [9.17, 15) is 0 Å². The number of benzene rings is 2. The minimum Gasteiger partial charge on any atom is -0.368 e. The fraction of sp³-hybridized carbons (Fsp3) is 0.269. The lowest BCUT2D eigenvalue weighted by molar-refractivity contribution is 0.546. The highest BCUT2D eigenvalue weighted by Crippen LogP contribution is 2.34. The molecule has 34 heavy (non-hydrogen) atoms. The molecular weight excluding hydrogens is 424 g/mol. The fourth-order valence-electron chi connectivity index (χ4n) is 4.26. The molecule has 1 aliphatic rings. The molecule has 0 amide bonds. The number of allylic oxidation sites excluding steroid dienone is 2. The van der Waals surface area contributed by atoms with Crippen LogP contribution in [-0.4, -0.2) is 35.4 Å². The van der Waals surface area contributed by atoms with Gasteiger partial charge in [0, 0.05) is 19.4 Å². The van der Waals surface area contributed by atoms with Crippen LogP contribution in [-0.2, 0) is 24.8 Å². The summed E-state index contributed by atoms with van der Waals surface area (Å²) in [6, 6.07) is 18.9. The van der Waals surface area contributed by atoms with E-state index >= 15 is 0 Å². The maximum absolute atomic E-state index is 4.91. The van der Waals surface area contributed by atoms with E-state index in [-0.39, 0.29) is 0 Å². The molecule has 0 unspecified atom stereocenters. The van der Waals surface area contributed by atoms with Crippen molar-refractivity contribution in [1.82, 2.24) is 40.7 Å². The summed E-state index contributed by atoms with van der Waals surface area (Å²) in [7, 11) is 0. The third kappa shape index (κ3) is 4.52.